The average molecular weight is 377 g/mol. The molecular formula is C23H28N4O. The largest absolute Gasteiger partial charge is 0.330 e. The Morgan fingerprint density at radius 1 is 1.18 bits per heavy atom. The molecule has 2 aromatic carbocycles. The summed E-state index contributed by atoms with van der Waals surface area (Å²) in [5, 5.41) is 3.09. The fourth-order valence-electron chi connectivity index (χ4n) is 4.02. The van der Waals surface area contributed by atoms with Crippen LogP contribution in [0.5, 0.6) is 0 Å². The molecule has 1 aromatic heterocycles. The normalized spacial score (nSPS) is 17.7. The van der Waals surface area contributed by atoms with Gasteiger partial charge in [0.05, 0.1) is 23.5 Å². The Morgan fingerprint density at radius 2 is 1.96 bits per heavy atom. The second kappa shape index (κ2) is 8.15. The first-order valence-corrected chi connectivity index (χ1v) is 10.2. The van der Waals surface area contributed by atoms with Crippen molar-refractivity contribution < 1.29 is 4.79 Å². The molecule has 0 bridgehead atoms. The van der Waals surface area contributed by atoms with Crippen LogP contribution in [0.15, 0.2) is 48.5 Å². The van der Waals surface area contributed by atoms with Crippen LogP contribution in [0.1, 0.15) is 31.2 Å². The summed E-state index contributed by atoms with van der Waals surface area (Å²) in [5.41, 5.74) is 4.35. The highest BCUT2D eigenvalue weighted by Gasteiger charge is 2.26. The molecule has 146 valence electrons. The van der Waals surface area contributed by atoms with Gasteiger partial charge in [0, 0.05) is 19.3 Å². The Balaban J connectivity index is 1.40. The number of hydrogen-bond donors (Lipinski definition) is 1. The first kappa shape index (κ1) is 18.7. The van der Waals surface area contributed by atoms with E-state index in [1.165, 1.54) is 5.56 Å². The van der Waals surface area contributed by atoms with Crippen molar-refractivity contribution in [2.24, 2.45) is 13.0 Å². The highest BCUT2D eigenvalue weighted by Crippen LogP contribution is 2.22. The summed E-state index contributed by atoms with van der Waals surface area (Å²) in [7, 11) is 2.07. The van der Waals surface area contributed by atoms with Crippen molar-refractivity contribution in [3.63, 3.8) is 0 Å². The van der Waals surface area contributed by atoms with Crippen molar-refractivity contribution >= 4 is 22.6 Å². The predicted molar refractivity (Wildman–Crippen MR) is 113 cm³/mol. The molecule has 1 aliphatic heterocycles. The maximum Gasteiger partial charge on any atom is 0.228 e. The first-order valence-electron chi connectivity index (χ1n) is 10.2. The van der Waals surface area contributed by atoms with E-state index in [1.807, 2.05) is 24.3 Å². The molecule has 5 nitrogen and oxygen atoms in total. The van der Waals surface area contributed by atoms with E-state index in [0.717, 1.165) is 61.4 Å². The Bertz CT molecular complexity index is 960. The van der Waals surface area contributed by atoms with Gasteiger partial charge < -0.3 is 9.88 Å². The number of nitrogens with zero attached hydrogens (tertiary/aromatic N) is 3. The van der Waals surface area contributed by atoms with Crippen LogP contribution in [0.4, 0.5) is 5.69 Å². The number of likely N-dealkylation sites (tertiary alicyclic amines) is 1. The molecule has 0 spiro atoms. The molecule has 0 saturated carbocycles. The topological polar surface area (TPSA) is 50.2 Å². The Kier molecular flexibility index (Phi) is 5.44. The smallest absolute Gasteiger partial charge is 0.228 e. The minimum Gasteiger partial charge on any atom is -0.330 e. The maximum absolute atomic E-state index is 12.8. The van der Waals surface area contributed by atoms with E-state index < -0.39 is 0 Å². The van der Waals surface area contributed by atoms with Crippen LogP contribution >= 0.6 is 0 Å². The number of amides is 1. The number of aromatic nitrogens is 2. The number of nitrogens with one attached hydrogen (secondary N) is 1. The minimum atomic E-state index is 0.0225. The fourth-order valence-corrected chi connectivity index (χ4v) is 4.02. The van der Waals surface area contributed by atoms with Crippen LogP contribution in [0.25, 0.3) is 11.0 Å². The van der Waals surface area contributed by atoms with Crippen LogP contribution in [0, 0.1) is 5.92 Å². The number of benzene rings is 2. The van der Waals surface area contributed by atoms with Crippen LogP contribution < -0.4 is 5.32 Å². The van der Waals surface area contributed by atoms with Crippen LogP contribution in [-0.4, -0.2) is 33.4 Å². The van der Waals surface area contributed by atoms with Crippen molar-refractivity contribution in [1.29, 1.82) is 0 Å². The van der Waals surface area contributed by atoms with Crippen molar-refractivity contribution in [1.82, 2.24) is 14.5 Å². The van der Waals surface area contributed by atoms with Gasteiger partial charge in [-0.25, -0.2) is 4.98 Å². The number of para-hydroxylation sites is 2. The third-order valence-electron chi connectivity index (χ3n) is 5.75. The monoisotopic (exact) mass is 376 g/mol. The fraction of sp³-hybridized carbons (Fsp3) is 0.391. The number of piperidine rings is 1. The quantitative estimate of drug-likeness (QED) is 0.733. The molecule has 0 radical (unpaired) electrons. The van der Waals surface area contributed by atoms with Gasteiger partial charge >= 0.3 is 0 Å². The molecule has 1 N–H and O–H groups in total. The van der Waals surface area contributed by atoms with Gasteiger partial charge in [-0.1, -0.05) is 31.2 Å². The summed E-state index contributed by atoms with van der Waals surface area (Å²) in [4.78, 5) is 19.9. The molecule has 1 aliphatic rings. The third kappa shape index (κ3) is 3.94. The molecule has 3 aromatic rings. The van der Waals surface area contributed by atoms with Gasteiger partial charge in [-0.15, -0.1) is 0 Å². The number of carbonyl (C=O) groups is 1. The van der Waals surface area contributed by atoms with Crippen molar-refractivity contribution in [3.8, 4) is 0 Å². The molecule has 0 unspecified atom stereocenters. The number of anilines is 1. The summed E-state index contributed by atoms with van der Waals surface area (Å²) in [5.74, 6) is 1.20. The standard InChI is InChI=1S/C23H28N4O/c1-3-17-10-12-19(13-11-17)24-23(28)18-7-6-14-27(15-18)16-22-25-20-8-4-5-9-21(20)26(22)2/h4-5,8-13,18H,3,6-7,14-16H2,1-2H3,(H,24,28)/t18-/m1/s1. The molecule has 4 rings (SSSR count). The Hall–Kier alpha value is -2.66. The van der Waals surface area contributed by atoms with Crippen molar-refractivity contribution in [3.05, 3.63) is 59.9 Å². The van der Waals surface area contributed by atoms with E-state index in [1.54, 1.807) is 0 Å². The Labute approximate surface area is 166 Å². The molecule has 2 heterocycles. The lowest BCUT2D eigenvalue weighted by atomic mass is 9.97. The molecule has 1 saturated heterocycles. The number of carbonyl (C=O) groups excluding carboxylic acids is 1. The van der Waals surface area contributed by atoms with E-state index in [9.17, 15) is 4.79 Å². The zero-order valence-corrected chi connectivity index (χ0v) is 16.7. The van der Waals surface area contributed by atoms with E-state index in [4.69, 9.17) is 4.98 Å². The number of rotatable bonds is 5. The molecular weight excluding hydrogens is 348 g/mol. The number of hydrogen-bond acceptors (Lipinski definition) is 3. The van der Waals surface area contributed by atoms with Gasteiger partial charge in [0.2, 0.25) is 5.91 Å². The number of aryl methyl sites for hydroxylation is 2. The van der Waals surface area contributed by atoms with Gasteiger partial charge in [-0.05, 0) is 55.6 Å². The van der Waals surface area contributed by atoms with E-state index in [2.05, 4.69) is 53.0 Å². The lowest BCUT2D eigenvalue weighted by Gasteiger charge is -2.31. The summed E-state index contributed by atoms with van der Waals surface area (Å²) in [6, 6.07) is 16.4. The summed E-state index contributed by atoms with van der Waals surface area (Å²) in [6.07, 6.45) is 2.99. The first-order chi connectivity index (χ1) is 13.6. The van der Waals surface area contributed by atoms with E-state index >= 15 is 0 Å². The van der Waals surface area contributed by atoms with Gasteiger partial charge in [0.25, 0.3) is 0 Å². The second-order valence-corrected chi connectivity index (χ2v) is 7.69. The zero-order valence-electron chi connectivity index (χ0n) is 16.7. The molecule has 1 amide bonds. The van der Waals surface area contributed by atoms with Crippen LogP contribution in [0.2, 0.25) is 0 Å². The van der Waals surface area contributed by atoms with Crippen molar-refractivity contribution in [2.45, 2.75) is 32.7 Å². The lowest BCUT2D eigenvalue weighted by molar-refractivity contribution is -0.121. The number of fused-ring (bicyclic) bond motifs is 1. The Morgan fingerprint density at radius 3 is 2.71 bits per heavy atom. The van der Waals surface area contributed by atoms with E-state index in [-0.39, 0.29) is 11.8 Å². The summed E-state index contributed by atoms with van der Waals surface area (Å²) >= 11 is 0. The molecule has 1 atom stereocenters. The number of imidazole rings is 1. The average Bonchev–Trinajstić information content (AvgIpc) is 3.04. The predicted octanol–water partition coefficient (Wildman–Crippen LogP) is 3.99. The molecule has 28 heavy (non-hydrogen) atoms. The van der Waals surface area contributed by atoms with Gasteiger partial charge in [-0.2, -0.15) is 0 Å². The lowest BCUT2D eigenvalue weighted by Crippen LogP contribution is -2.40. The van der Waals surface area contributed by atoms with Crippen LogP contribution in [0.3, 0.4) is 0 Å². The highest BCUT2D eigenvalue weighted by atomic mass is 16.1. The molecule has 1 fully saturated rings. The third-order valence-corrected chi connectivity index (χ3v) is 5.75. The van der Waals surface area contributed by atoms with Gasteiger partial charge in [-0.3, -0.25) is 9.69 Å². The second-order valence-electron chi connectivity index (χ2n) is 7.69. The molecule has 0 aliphatic carbocycles. The summed E-state index contributed by atoms with van der Waals surface area (Å²) in [6.45, 7) is 4.70. The summed E-state index contributed by atoms with van der Waals surface area (Å²) < 4.78 is 2.16. The van der Waals surface area contributed by atoms with E-state index in [0.29, 0.717) is 0 Å². The maximum atomic E-state index is 12.8. The highest BCUT2D eigenvalue weighted by molar-refractivity contribution is 5.92. The van der Waals surface area contributed by atoms with Crippen molar-refractivity contribution in [2.75, 3.05) is 18.4 Å². The van der Waals surface area contributed by atoms with Gasteiger partial charge in [0.1, 0.15) is 5.82 Å². The SMILES string of the molecule is CCc1ccc(NC(=O)[C@@H]2CCCN(Cc3nc4ccccc4n3C)C2)cc1. The zero-order chi connectivity index (χ0) is 19.5. The molecule has 5 heteroatoms. The van der Waals surface area contributed by atoms with Gasteiger partial charge in [0.15, 0.2) is 0 Å². The van der Waals surface area contributed by atoms with Crippen LogP contribution in [-0.2, 0) is 24.8 Å². The minimum absolute atomic E-state index is 0.0225.